The highest BCUT2D eigenvalue weighted by molar-refractivity contribution is 5.99. The Bertz CT molecular complexity index is 450. The number of ketones is 1. The second kappa shape index (κ2) is 5.46. The van der Waals surface area contributed by atoms with E-state index in [0.717, 1.165) is 0 Å². The van der Waals surface area contributed by atoms with Gasteiger partial charge >= 0.3 is 0 Å². The molecule has 18 heavy (non-hydrogen) atoms. The van der Waals surface area contributed by atoms with E-state index in [1.807, 2.05) is 4.90 Å². The number of anilines is 1. The molecule has 0 unspecified atom stereocenters. The Labute approximate surface area is 105 Å². The SMILES string of the molecule is CC(=O)c1cc(F)ccc1N1CCO[C@@H](CO)C1. The van der Waals surface area contributed by atoms with Crippen LogP contribution in [0.4, 0.5) is 10.1 Å². The van der Waals surface area contributed by atoms with Crippen molar-refractivity contribution in [2.24, 2.45) is 0 Å². The molecule has 1 aliphatic heterocycles. The second-order valence-electron chi connectivity index (χ2n) is 4.34. The molecule has 5 heteroatoms. The molecule has 0 aromatic heterocycles. The van der Waals surface area contributed by atoms with Gasteiger partial charge in [0.15, 0.2) is 5.78 Å². The van der Waals surface area contributed by atoms with Crippen LogP contribution in [0.1, 0.15) is 17.3 Å². The standard InChI is InChI=1S/C13H16FNO3/c1-9(17)12-6-10(14)2-3-13(12)15-4-5-18-11(7-15)8-16/h2-3,6,11,16H,4-5,7-8H2,1H3/t11-/m1/s1. The summed E-state index contributed by atoms with van der Waals surface area (Å²) in [6.45, 7) is 2.97. The third-order valence-electron chi connectivity index (χ3n) is 3.02. The lowest BCUT2D eigenvalue weighted by atomic mass is 10.1. The topological polar surface area (TPSA) is 49.8 Å². The van der Waals surface area contributed by atoms with E-state index in [-0.39, 0.29) is 18.5 Å². The van der Waals surface area contributed by atoms with Crippen LogP contribution in [-0.4, -0.2) is 43.3 Å². The number of ether oxygens (including phenoxy) is 1. The van der Waals surface area contributed by atoms with Crippen LogP contribution in [0.25, 0.3) is 0 Å². The van der Waals surface area contributed by atoms with Crippen molar-refractivity contribution in [3.63, 3.8) is 0 Å². The summed E-state index contributed by atoms with van der Waals surface area (Å²) in [6, 6.07) is 4.19. The van der Waals surface area contributed by atoms with Crippen molar-refractivity contribution < 1.29 is 19.0 Å². The van der Waals surface area contributed by atoms with Crippen molar-refractivity contribution in [2.75, 3.05) is 31.2 Å². The number of rotatable bonds is 3. The van der Waals surface area contributed by atoms with Crippen molar-refractivity contribution in [3.8, 4) is 0 Å². The molecule has 2 rings (SSSR count). The van der Waals surface area contributed by atoms with Crippen LogP contribution in [0.3, 0.4) is 0 Å². The lowest BCUT2D eigenvalue weighted by Crippen LogP contribution is -2.44. The van der Waals surface area contributed by atoms with Gasteiger partial charge in [-0.1, -0.05) is 0 Å². The predicted octanol–water partition coefficient (Wildman–Crippen LogP) is 1.23. The molecule has 1 aliphatic rings. The Balaban J connectivity index is 2.29. The maximum atomic E-state index is 13.2. The molecule has 1 saturated heterocycles. The fourth-order valence-corrected chi connectivity index (χ4v) is 2.11. The number of hydrogen-bond acceptors (Lipinski definition) is 4. The number of morpholine rings is 1. The maximum Gasteiger partial charge on any atom is 0.161 e. The van der Waals surface area contributed by atoms with Crippen molar-refractivity contribution in [1.29, 1.82) is 0 Å². The zero-order chi connectivity index (χ0) is 13.1. The number of aliphatic hydroxyl groups excluding tert-OH is 1. The molecule has 0 amide bonds. The number of Topliss-reactive ketones (excluding diaryl/α,β-unsaturated/α-hetero) is 1. The zero-order valence-corrected chi connectivity index (χ0v) is 10.2. The van der Waals surface area contributed by atoms with E-state index in [9.17, 15) is 9.18 Å². The smallest absolute Gasteiger partial charge is 0.161 e. The van der Waals surface area contributed by atoms with Gasteiger partial charge in [-0.2, -0.15) is 0 Å². The minimum Gasteiger partial charge on any atom is -0.394 e. The fourth-order valence-electron chi connectivity index (χ4n) is 2.11. The lowest BCUT2D eigenvalue weighted by molar-refractivity contribution is 0.00353. The molecule has 98 valence electrons. The van der Waals surface area contributed by atoms with Gasteiger partial charge in [-0.3, -0.25) is 4.79 Å². The summed E-state index contributed by atoms with van der Waals surface area (Å²) in [5, 5.41) is 9.10. The van der Waals surface area contributed by atoms with E-state index in [2.05, 4.69) is 0 Å². The molecular formula is C13H16FNO3. The van der Waals surface area contributed by atoms with E-state index >= 15 is 0 Å². The van der Waals surface area contributed by atoms with Gasteiger partial charge in [0.25, 0.3) is 0 Å². The Morgan fingerprint density at radius 3 is 3.06 bits per heavy atom. The van der Waals surface area contributed by atoms with Gasteiger partial charge in [0.1, 0.15) is 5.82 Å². The van der Waals surface area contributed by atoms with Gasteiger partial charge in [0.2, 0.25) is 0 Å². The highest BCUT2D eigenvalue weighted by Crippen LogP contribution is 2.24. The Hall–Kier alpha value is -1.46. The van der Waals surface area contributed by atoms with Crippen LogP contribution in [0.2, 0.25) is 0 Å². The molecule has 1 aromatic carbocycles. The highest BCUT2D eigenvalue weighted by Gasteiger charge is 2.22. The molecule has 1 fully saturated rings. The van der Waals surface area contributed by atoms with Gasteiger partial charge in [0, 0.05) is 24.3 Å². The van der Waals surface area contributed by atoms with Gasteiger partial charge in [0.05, 0.1) is 19.3 Å². The van der Waals surface area contributed by atoms with Crippen molar-refractivity contribution >= 4 is 11.5 Å². The molecule has 1 heterocycles. The molecular weight excluding hydrogens is 237 g/mol. The first-order chi connectivity index (χ1) is 8.61. The number of aliphatic hydroxyl groups is 1. The number of halogens is 1. The van der Waals surface area contributed by atoms with Gasteiger partial charge in [-0.15, -0.1) is 0 Å². The van der Waals surface area contributed by atoms with E-state index in [4.69, 9.17) is 9.84 Å². The fraction of sp³-hybridized carbons (Fsp3) is 0.462. The molecule has 1 aromatic rings. The van der Waals surface area contributed by atoms with Crippen molar-refractivity contribution in [1.82, 2.24) is 0 Å². The van der Waals surface area contributed by atoms with E-state index < -0.39 is 5.82 Å². The maximum absolute atomic E-state index is 13.2. The number of carbonyl (C=O) groups excluding carboxylic acids is 1. The predicted molar refractivity (Wildman–Crippen MR) is 65.4 cm³/mol. The Kier molecular flexibility index (Phi) is 3.93. The van der Waals surface area contributed by atoms with Gasteiger partial charge in [-0.25, -0.2) is 4.39 Å². The van der Waals surface area contributed by atoms with Crippen LogP contribution in [0, 0.1) is 5.82 Å². The van der Waals surface area contributed by atoms with Crippen LogP contribution in [0.5, 0.6) is 0 Å². The molecule has 1 atom stereocenters. The molecule has 0 bridgehead atoms. The third kappa shape index (κ3) is 2.68. The minimum absolute atomic E-state index is 0.0624. The molecule has 1 N–H and O–H groups in total. The van der Waals surface area contributed by atoms with Crippen LogP contribution >= 0.6 is 0 Å². The number of hydrogen-bond donors (Lipinski definition) is 1. The van der Waals surface area contributed by atoms with Gasteiger partial charge < -0.3 is 14.7 Å². The largest absolute Gasteiger partial charge is 0.394 e. The van der Waals surface area contributed by atoms with E-state index in [1.54, 1.807) is 6.07 Å². The summed E-state index contributed by atoms with van der Waals surface area (Å²) in [5.41, 5.74) is 1.07. The van der Waals surface area contributed by atoms with Crippen LogP contribution in [0.15, 0.2) is 18.2 Å². The first kappa shape index (κ1) is 13.0. The number of carbonyl (C=O) groups is 1. The minimum atomic E-state index is -0.420. The molecule has 4 nitrogen and oxygen atoms in total. The summed E-state index contributed by atoms with van der Waals surface area (Å²) in [5.74, 6) is -0.590. The summed E-state index contributed by atoms with van der Waals surface area (Å²) in [7, 11) is 0. The quantitative estimate of drug-likeness (QED) is 0.823. The van der Waals surface area contributed by atoms with Crippen molar-refractivity contribution in [3.05, 3.63) is 29.6 Å². The zero-order valence-electron chi connectivity index (χ0n) is 10.2. The summed E-state index contributed by atoms with van der Waals surface area (Å²) in [4.78, 5) is 13.5. The average molecular weight is 253 g/mol. The second-order valence-corrected chi connectivity index (χ2v) is 4.34. The first-order valence-corrected chi connectivity index (χ1v) is 5.89. The Morgan fingerprint density at radius 2 is 2.39 bits per heavy atom. The third-order valence-corrected chi connectivity index (χ3v) is 3.02. The molecule has 0 aliphatic carbocycles. The van der Waals surface area contributed by atoms with Crippen LogP contribution in [-0.2, 0) is 4.74 Å². The normalized spacial score (nSPS) is 19.9. The van der Waals surface area contributed by atoms with Gasteiger partial charge in [-0.05, 0) is 25.1 Å². The lowest BCUT2D eigenvalue weighted by Gasteiger charge is -2.34. The summed E-state index contributed by atoms with van der Waals surface area (Å²) >= 11 is 0. The monoisotopic (exact) mass is 253 g/mol. The van der Waals surface area contributed by atoms with Crippen LogP contribution < -0.4 is 4.90 Å². The van der Waals surface area contributed by atoms with E-state index in [0.29, 0.717) is 30.9 Å². The van der Waals surface area contributed by atoms with Crippen molar-refractivity contribution in [2.45, 2.75) is 13.0 Å². The average Bonchev–Trinajstić information content (AvgIpc) is 2.38. The number of benzene rings is 1. The Morgan fingerprint density at radius 1 is 1.61 bits per heavy atom. The molecule has 0 saturated carbocycles. The van der Waals surface area contributed by atoms with E-state index in [1.165, 1.54) is 19.1 Å². The molecule has 0 spiro atoms. The number of nitrogens with zero attached hydrogens (tertiary/aromatic N) is 1. The molecule has 0 radical (unpaired) electrons. The summed E-state index contributed by atoms with van der Waals surface area (Å²) in [6.07, 6.45) is -0.261. The first-order valence-electron chi connectivity index (χ1n) is 5.89. The summed E-state index contributed by atoms with van der Waals surface area (Å²) < 4.78 is 18.5. The highest BCUT2D eigenvalue weighted by atomic mass is 19.1.